The van der Waals surface area contributed by atoms with Crippen LogP contribution in [0.4, 0.5) is 0 Å². The molecule has 1 fully saturated rings. The number of hydrogen-bond acceptors (Lipinski definition) is 4. The van der Waals surface area contributed by atoms with Crippen molar-refractivity contribution in [3.63, 3.8) is 0 Å². The summed E-state index contributed by atoms with van der Waals surface area (Å²) in [6.45, 7) is 7.30. The van der Waals surface area contributed by atoms with Crippen molar-refractivity contribution in [3.8, 4) is 17.0 Å². The number of aromatic nitrogens is 2. The normalized spacial score (nSPS) is 15.3. The third-order valence-electron chi connectivity index (χ3n) is 5.64. The molecule has 2 heterocycles. The van der Waals surface area contributed by atoms with Crippen LogP contribution in [0.5, 0.6) is 5.75 Å². The SMILES string of the molecule is CCCNC(Cc1c(C)nn2c(-c3ccc(OC)cc3Cl)c(C)oc12)C1CC1. The van der Waals surface area contributed by atoms with Gasteiger partial charge in [0.15, 0.2) is 0 Å². The van der Waals surface area contributed by atoms with Crippen LogP contribution >= 0.6 is 11.6 Å². The van der Waals surface area contributed by atoms with Crippen molar-refractivity contribution in [1.82, 2.24) is 14.9 Å². The number of hydrogen-bond donors (Lipinski definition) is 1. The predicted octanol–water partition coefficient (Wildman–Crippen LogP) is 5.19. The molecule has 3 aromatic rings. The summed E-state index contributed by atoms with van der Waals surface area (Å²) in [5.74, 6) is 2.32. The van der Waals surface area contributed by atoms with Gasteiger partial charge in [0.25, 0.3) is 0 Å². The lowest BCUT2D eigenvalue weighted by atomic mass is 10.0. The highest BCUT2D eigenvalue weighted by Gasteiger charge is 2.33. The Morgan fingerprint density at radius 2 is 2.14 bits per heavy atom. The Balaban J connectivity index is 1.73. The van der Waals surface area contributed by atoms with Crippen LogP contribution in [0.3, 0.4) is 0 Å². The van der Waals surface area contributed by atoms with Gasteiger partial charge in [-0.1, -0.05) is 18.5 Å². The molecule has 0 radical (unpaired) electrons. The van der Waals surface area contributed by atoms with Gasteiger partial charge in [0.1, 0.15) is 17.2 Å². The summed E-state index contributed by atoms with van der Waals surface area (Å²) < 4.78 is 13.4. The molecule has 1 aliphatic carbocycles. The van der Waals surface area contributed by atoms with E-state index in [4.69, 9.17) is 25.9 Å². The first-order chi connectivity index (χ1) is 13.5. The standard InChI is InChI=1S/C22H28ClN3O2/c1-5-10-24-20(15-6-7-15)12-18-13(2)25-26-21(14(3)28-22(18)26)17-9-8-16(27-4)11-19(17)23/h8-9,11,15,20,24H,5-7,10,12H2,1-4H3. The van der Waals surface area contributed by atoms with E-state index in [2.05, 4.69) is 19.2 Å². The van der Waals surface area contributed by atoms with Gasteiger partial charge in [0.05, 0.1) is 17.8 Å². The smallest absolute Gasteiger partial charge is 0.225 e. The number of halogens is 1. The summed E-state index contributed by atoms with van der Waals surface area (Å²) >= 11 is 6.54. The minimum Gasteiger partial charge on any atom is -0.497 e. The average molecular weight is 402 g/mol. The van der Waals surface area contributed by atoms with E-state index in [0.29, 0.717) is 11.1 Å². The first-order valence-electron chi connectivity index (χ1n) is 10.1. The van der Waals surface area contributed by atoms with Crippen LogP contribution in [0.25, 0.3) is 17.0 Å². The second-order valence-electron chi connectivity index (χ2n) is 7.74. The second-order valence-corrected chi connectivity index (χ2v) is 8.14. The Hall–Kier alpha value is -1.98. The largest absolute Gasteiger partial charge is 0.497 e. The highest BCUT2D eigenvalue weighted by molar-refractivity contribution is 6.33. The van der Waals surface area contributed by atoms with Crippen LogP contribution in [0, 0.1) is 19.8 Å². The fraction of sp³-hybridized carbons (Fsp3) is 0.500. The maximum atomic E-state index is 6.54. The molecule has 2 aromatic heterocycles. The van der Waals surface area contributed by atoms with Crippen LogP contribution in [-0.2, 0) is 6.42 Å². The number of rotatable bonds is 8. The molecule has 150 valence electrons. The highest BCUT2D eigenvalue weighted by Crippen LogP contribution is 2.38. The van der Waals surface area contributed by atoms with E-state index in [1.807, 2.05) is 29.6 Å². The summed E-state index contributed by atoms with van der Waals surface area (Å²) in [5, 5.41) is 9.16. The number of ether oxygens (including phenoxy) is 1. The predicted molar refractivity (Wildman–Crippen MR) is 112 cm³/mol. The Kier molecular flexibility index (Phi) is 5.39. The van der Waals surface area contributed by atoms with Gasteiger partial charge < -0.3 is 14.5 Å². The zero-order valence-corrected chi connectivity index (χ0v) is 17.8. The van der Waals surface area contributed by atoms with E-state index in [0.717, 1.165) is 59.5 Å². The number of oxazole rings is 1. The quantitative estimate of drug-likeness (QED) is 0.564. The minimum atomic E-state index is 0.491. The van der Waals surface area contributed by atoms with E-state index < -0.39 is 0 Å². The van der Waals surface area contributed by atoms with Gasteiger partial charge in [-0.25, -0.2) is 0 Å². The van der Waals surface area contributed by atoms with Gasteiger partial charge in [-0.3, -0.25) is 0 Å². The second kappa shape index (κ2) is 7.80. The van der Waals surface area contributed by atoms with Crippen molar-refractivity contribution in [3.05, 3.63) is 40.2 Å². The zero-order chi connectivity index (χ0) is 19.8. The van der Waals surface area contributed by atoms with Gasteiger partial charge in [-0.05, 0) is 70.2 Å². The molecule has 1 N–H and O–H groups in total. The lowest BCUT2D eigenvalue weighted by Crippen LogP contribution is -2.33. The molecule has 4 rings (SSSR count). The molecule has 0 aliphatic heterocycles. The summed E-state index contributed by atoms with van der Waals surface area (Å²) in [7, 11) is 1.64. The Labute approximate surface area is 171 Å². The summed E-state index contributed by atoms with van der Waals surface area (Å²) in [6, 6.07) is 6.19. The molecule has 0 bridgehead atoms. The van der Waals surface area contributed by atoms with Crippen molar-refractivity contribution in [2.45, 2.75) is 52.5 Å². The third kappa shape index (κ3) is 3.53. The maximum absolute atomic E-state index is 6.54. The molecule has 1 unspecified atom stereocenters. The molecule has 1 atom stereocenters. The molecule has 28 heavy (non-hydrogen) atoms. The highest BCUT2D eigenvalue weighted by atomic mass is 35.5. The van der Waals surface area contributed by atoms with Crippen molar-refractivity contribution in [2.75, 3.05) is 13.7 Å². The van der Waals surface area contributed by atoms with E-state index >= 15 is 0 Å². The molecule has 0 amide bonds. The van der Waals surface area contributed by atoms with E-state index in [1.165, 1.54) is 18.4 Å². The molecule has 1 aliphatic rings. The van der Waals surface area contributed by atoms with Gasteiger partial charge in [-0.2, -0.15) is 9.61 Å². The molecule has 1 aromatic carbocycles. The number of methoxy groups -OCH3 is 1. The number of benzene rings is 1. The van der Waals surface area contributed by atoms with Crippen LogP contribution < -0.4 is 10.1 Å². The molecule has 1 saturated carbocycles. The van der Waals surface area contributed by atoms with Gasteiger partial charge in [0, 0.05) is 17.2 Å². The fourth-order valence-corrected chi connectivity index (χ4v) is 4.20. The summed E-state index contributed by atoms with van der Waals surface area (Å²) in [6.07, 6.45) is 4.72. The fourth-order valence-electron chi connectivity index (χ4n) is 3.94. The Morgan fingerprint density at radius 1 is 1.36 bits per heavy atom. The summed E-state index contributed by atoms with van der Waals surface area (Å²) in [5.41, 5.74) is 4.85. The Morgan fingerprint density at radius 3 is 2.79 bits per heavy atom. The van der Waals surface area contributed by atoms with Crippen LogP contribution in [-0.4, -0.2) is 29.3 Å². The zero-order valence-electron chi connectivity index (χ0n) is 17.0. The molecule has 0 spiro atoms. The minimum absolute atomic E-state index is 0.491. The van der Waals surface area contributed by atoms with Crippen LogP contribution in [0.1, 0.15) is 43.2 Å². The van der Waals surface area contributed by atoms with E-state index in [-0.39, 0.29) is 0 Å². The van der Waals surface area contributed by atoms with Crippen molar-refractivity contribution in [1.29, 1.82) is 0 Å². The molecular formula is C22H28ClN3O2. The number of fused-ring (bicyclic) bond motifs is 1. The van der Waals surface area contributed by atoms with E-state index in [1.54, 1.807) is 7.11 Å². The van der Waals surface area contributed by atoms with Crippen LogP contribution in [0.15, 0.2) is 22.6 Å². The molecule has 5 nitrogen and oxygen atoms in total. The number of nitrogens with zero attached hydrogens (tertiary/aromatic N) is 2. The average Bonchev–Trinajstić information content (AvgIpc) is 3.42. The third-order valence-corrected chi connectivity index (χ3v) is 5.95. The molecule has 0 saturated heterocycles. The van der Waals surface area contributed by atoms with Crippen molar-refractivity contribution >= 4 is 17.3 Å². The Bertz CT molecular complexity index is 987. The lowest BCUT2D eigenvalue weighted by Gasteiger charge is -2.17. The maximum Gasteiger partial charge on any atom is 0.225 e. The monoisotopic (exact) mass is 401 g/mol. The molecular weight excluding hydrogens is 374 g/mol. The first-order valence-corrected chi connectivity index (χ1v) is 10.5. The van der Waals surface area contributed by atoms with Gasteiger partial charge in [0.2, 0.25) is 5.71 Å². The summed E-state index contributed by atoms with van der Waals surface area (Å²) in [4.78, 5) is 0. The topological polar surface area (TPSA) is 51.7 Å². The van der Waals surface area contributed by atoms with Crippen molar-refractivity contribution in [2.24, 2.45) is 5.92 Å². The lowest BCUT2D eigenvalue weighted by molar-refractivity contribution is 0.415. The van der Waals surface area contributed by atoms with Gasteiger partial charge in [-0.15, -0.1) is 0 Å². The van der Waals surface area contributed by atoms with Crippen LogP contribution in [0.2, 0.25) is 5.02 Å². The number of nitrogens with one attached hydrogen (secondary N) is 1. The van der Waals surface area contributed by atoms with E-state index in [9.17, 15) is 0 Å². The number of aryl methyl sites for hydroxylation is 2. The van der Waals surface area contributed by atoms with Gasteiger partial charge >= 0.3 is 0 Å². The van der Waals surface area contributed by atoms with Crippen molar-refractivity contribution < 1.29 is 9.15 Å². The first kappa shape index (κ1) is 19.3. The molecule has 6 heteroatoms.